The van der Waals surface area contributed by atoms with Gasteiger partial charge in [0.2, 0.25) is 5.91 Å². The molecule has 1 atom stereocenters. The minimum Gasteiger partial charge on any atom is -0.351 e. The van der Waals surface area contributed by atoms with E-state index in [1.54, 1.807) is 0 Å². The molecule has 0 saturated heterocycles. The molecule has 19 heavy (non-hydrogen) atoms. The minimum atomic E-state index is -0.380. The van der Waals surface area contributed by atoms with Crippen molar-refractivity contribution in [3.63, 3.8) is 0 Å². The smallest absolute Gasteiger partial charge is 0.237 e. The van der Waals surface area contributed by atoms with E-state index >= 15 is 0 Å². The monoisotopic (exact) mass is 262 g/mol. The zero-order valence-corrected chi connectivity index (χ0v) is 12.3. The van der Waals surface area contributed by atoms with Gasteiger partial charge >= 0.3 is 0 Å². The number of benzene rings is 1. The van der Waals surface area contributed by atoms with Gasteiger partial charge < -0.3 is 11.1 Å². The molecule has 0 aliphatic carbocycles. The molecule has 0 aliphatic rings. The third-order valence-corrected chi connectivity index (χ3v) is 3.32. The lowest BCUT2D eigenvalue weighted by atomic mass is 10.0. The normalized spacial score (nSPS) is 12.5. The van der Waals surface area contributed by atoms with Crippen LogP contribution in [-0.2, 0) is 11.3 Å². The fourth-order valence-electron chi connectivity index (χ4n) is 1.90. The summed E-state index contributed by atoms with van der Waals surface area (Å²) in [4.78, 5) is 11.8. The van der Waals surface area contributed by atoms with Crippen molar-refractivity contribution < 1.29 is 4.79 Å². The highest BCUT2D eigenvalue weighted by Crippen LogP contribution is 2.14. The maximum atomic E-state index is 11.8. The first-order valence-electron chi connectivity index (χ1n) is 7.16. The maximum Gasteiger partial charge on any atom is 0.237 e. The van der Waals surface area contributed by atoms with Crippen LogP contribution in [0, 0.1) is 0 Å². The molecule has 1 aromatic rings. The average molecular weight is 262 g/mol. The molecular formula is C16H26N2O. The zero-order chi connectivity index (χ0) is 14.3. The van der Waals surface area contributed by atoms with E-state index in [1.807, 2.05) is 0 Å². The van der Waals surface area contributed by atoms with Gasteiger partial charge in [0.1, 0.15) is 0 Å². The number of nitrogens with two attached hydrogens (primary N) is 1. The molecule has 0 fully saturated rings. The molecule has 1 aromatic carbocycles. The Kier molecular flexibility index (Phi) is 6.57. The largest absolute Gasteiger partial charge is 0.351 e. The summed E-state index contributed by atoms with van der Waals surface area (Å²) in [5.41, 5.74) is 8.25. The molecule has 0 heterocycles. The molecule has 0 unspecified atom stereocenters. The van der Waals surface area contributed by atoms with E-state index in [2.05, 4.69) is 50.4 Å². The number of rotatable bonds is 7. The van der Waals surface area contributed by atoms with Crippen LogP contribution in [-0.4, -0.2) is 11.9 Å². The third kappa shape index (κ3) is 5.43. The number of unbranched alkanes of at least 4 members (excludes halogenated alkanes) is 1. The van der Waals surface area contributed by atoms with Gasteiger partial charge in [-0.25, -0.2) is 0 Å². The first-order chi connectivity index (χ1) is 9.04. The number of carbonyl (C=O) groups excluding carboxylic acids is 1. The van der Waals surface area contributed by atoms with Crippen molar-refractivity contribution in [3.8, 4) is 0 Å². The van der Waals surface area contributed by atoms with Crippen molar-refractivity contribution in [2.45, 2.75) is 58.5 Å². The summed E-state index contributed by atoms with van der Waals surface area (Å²) in [7, 11) is 0. The summed E-state index contributed by atoms with van der Waals surface area (Å²) in [6.07, 6.45) is 2.82. The predicted octanol–water partition coefficient (Wildman–Crippen LogP) is 2.94. The molecule has 3 N–H and O–H groups in total. The predicted molar refractivity (Wildman–Crippen MR) is 79.9 cm³/mol. The van der Waals surface area contributed by atoms with Gasteiger partial charge in [-0.3, -0.25) is 4.79 Å². The van der Waals surface area contributed by atoms with Gasteiger partial charge in [-0.2, -0.15) is 0 Å². The highest BCUT2D eigenvalue weighted by Gasteiger charge is 2.11. The molecule has 1 rings (SSSR count). The van der Waals surface area contributed by atoms with Crippen molar-refractivity contribution in [1.82, 2.24) is 5.32 Å². The van der Waals surface area contributed by atoms with Crippen LogP contribution in [0.2, 0.25) is 0 Å². The van der Waals surface area contributed by atoms with Gasteiger partial charge in [-0.1, -0.05) is 57.9 Å². The molecule has 0 aromatic heterocycles. The van der Waals surface area contributed by atoms with Gasteiger partial charge in [-0.05, 0) is 23.5 Å². The summed E-state index contributed by atoms with van der Waals surface area (Å²) in [6.45, 7) is 6.99. The van der Waals surface area contributed by atoms with Crippen molar-refractivity contribution >= 4 is 5.91 Å². The topological polar surface area (TPSA) is 55.1 Å². The van der Waals surface area contributed by atoms with Gasteiger partial charge in [-0.15, -0.1) is 0 Å². The van der Waals surface area contributed by atoms with Crippen molar-refractivity contribution in [2.75, 3.05) is 0 Å². The Bertz CT molecular complexity index is 384. The van der Waals surface area contributed by atoms with Crippen LogP contribution in [0.1, 0.15) is 57.1 Å². The van der Waals surface area contributed by atoms with Crippen LogP contribution in [0.4, 0.5) is 0 Å². The SMILES string of the molecule is CCCC[C@H](N)C(=O)NCc1ccc(C(C)C)cc1. The molecule has 3 heteroatoms. The summed E-state index contributed by atoms with van der Waals surface area (Å²) < 4.78 is 0. The van der Waals surface area contributed by atoms with Gasteiger partial charge in [0.05, 0.1) is 6.04 Å². The lowest BCUT2D eigenvalue weighted by molar-refractivity contribution is -0.122. The van der Waals surface area contributed by atoms with E-state index in [4.69, 9.17) is 5.73 Å². The number of hydrogen-bond acceptors (Lipinski definition) is 2. The number of carbonyl (C=O) groups is 1. The van der Waals surface area contributed by atoms with E-state index in [9.17, 15) is 4.79 Å². The van der Waals surface area contributed by atoms with E-state index in [-0.39, 0.29) is 11.9 Å². The molecule has 0 bridgehead atoms. The highest BCUT2D eigenvalue weighted by atomic mass is 16.2. The lowest BCUT2D eigenvalue weighted by Gasteiger charge is -2.12. The van der Waals surface area contributed by atoms with E-state index in [0.717, 1.165) is 24.8 Å². The van der Waals surface area contributed by atoms with Gasteiger partial charge in [0.15, 0.2) is 0 Å². The standard InChI is InChI=1S/C16H26N2O/c1-4-5-6-15(17)16(19)18-11-13-7-9-14(10-8-13)12(2)3/h7-10,12,15H,4-6,11,17H2,1-3H3,(H,18,19)/t15-/m0/s1. The molecule has 0 spiro atoms. The number of nitrogens with one attached hydrogen (secondary N) is 1. The van der Waals surface area contributed by atoms with E-state index in [0.29, 0.717) is 12.5 Å². The first kappa shape index (κ1) is 15.7. The Morgan fingerprint density at radius 1 is 1.26 bits per heavy atom. The Labute approximate surface area is 116 Å². The molecule has 0 radical (unpaired) electrons. The quantitative estimate of drug-likeness (QED) is 0.793. The van der Waals surface area contributed by atoms with Crippen molar-refractivity contribution in [2.24, 2.45) is 5.73 Å². The second kappa shape index (κ2) is 7.95. The van der Waals surface area contributed by atoms with Gasteiger partial charge in [0, 0.05) is 6.54 Å². The third-order valence-electron chi connectivity index (χ3n) is 3.32. The fourth-order valence-corrected chi connectivity index (χ4v) is 1.90. The summed E-state index contributed by atoms with van der Waals surface area (Å²) in [6, 6.07) is 7.97. The number of amides is 1. The van der Waals surface area contributed by atoms with Gasteiger partial charge in [0.25, 0.3) is 0 Å². The van der Waals surface area contributed by atoms with Crippen molar-refractivity contribution in [1.29, 1.82) is 0 Å². The maximum absolute atomic E-state index is 11.8. The molecule has 0 saturated carbocycles. The van der Waals surface area contributed by atoms with E-state index < -0.39 is 0 Å². The molecule has 1 amide bonds. The summed E-state index contributed by atoms with van der Waals surface area (Å²) in [5, 5.41) is 2.89. The number of hydrogen-bond donors (Lipinski definition) is 2. The lowest BCUT2D eigenvalue weighted by Crippen LogP contribution is -2.40. The van der Waals surface area contributed by atoms with Crippen LogP contribution < -0.4 is 11.1 Å². The van der Waals surface area contributed by atoms with Crippen LogP contribution in [0.15, 0.2) is 24.3 Å². The Morgan fingerprint density at radius 3 is 2.42 bits per heavy atom. The summed E-state index contributed by atoms with van der Waals surface area (Å²) >= 11 is 0. The second-order valence-electron chi connectivity index (χ2n) is 5.36. The highest BCUT2D eigenvalue weighted by molar-refractivity contribution is 5.81. The Morgan fingerprint density at radius 2 is 1.89 bits per heavy atom. The van der Waals surface area contributed by atoms with Crippen LogP contribution in [0.25, 0.3) is 0 Å². The Hall–Kier alpha value is -1.35. The van der Waals surface area contributed by atoms with Crippen LogP contribution >= 0.6 is 0 Å². The van der Waals surface area contributed by atoms with Crippen LogP contribution in [0.5, 0.6) is 0 Å². The Balaban J connectivity index is 2.41. The van der Waals surface area contributed by atoms with Crippen molar-refractivity contribution in [3.05, 3.63) is 35.4 Å². The molecule has 106 valence electrons. The zero-order valence-electron chi connectivity index (χ0n) is 12.3. The first-order valence-corrected chi connectivity index (χ1v) is 7.16. The van der Waals surface area contributed by atoms with E-state index in [1.165, 1.54) is 5.56 Å². The average Bonchev–Trinajstić information content (AvgIpc) is 2.42. The molecule has 3 nitrogen and oxygen atoms in total. The van der Waals surface area contributed by atoms with Crippen LogP contribution in [0.3, 0.4) is 0 Å². The minimum absolute atomic E-state index is 0.0543. The second-order valence-corrected chi connectivity index (χ2v) is 5.36. The molecular weight excluding hydrogens is 236 g/mol. The molecule has 0 aliphatic heterocycles. The fraction of sp³-hybridized carbons (Fsp3) is 0.562. The summed E-state index contributed by atoms with van der Waals surface area (Å²) in [5.74, 6) is 0.479.